The SMILES string of the molecule is CC1(C)OB(c2cccc3nc(N)[nH][n+]23)OC1(C)C. The smallest absolute Gasteiger partial charge is 0.397 e. The molecule has 3 heterocycles. The Morgan fingerprint density at radius 2 is 1.84 bits per heavy atom. The lowest BCUT2D eigenvalue weighted by atomic mass is 9.84. The van der Waals surface area contributed by atoms with Crippen LogP contribution in [0.3, 0.4) is 0 Å². The largest absolute Gasteiger partial charge is 0.539 e. The fourth-order valence-electron chi connectivity index (χ4n) is 2.13. The van der Waals surface area contributed by atoms with E-state index in [0.29, 0.717) is 5.95 Å². The van der Waals surface area contributed by atoms with E-state index in [1.54, 1.807) is 4.52 Å². The Hall–Kier alpha value is -1.60. The van der Waals surface area contributed by atoms with E-state index in [1.165, 1.54) is 0 Å². The topological polar surface area (TPSA) is 77.3 Å². The summed E-state index contributed by atoms with van der Waals surface area (Å²) >= 11 is 0. The van der Waals surface area contributed by atoms with E-state index in [9.17, 15) is 0 Å². The number of nitrogens with one attached hydrogen (secondary N) is 1. The van der Waals surface area contributed by atoms with Gasteiger partial charge in [-0.05, 0) is 33.8 Å². The van der Waals surface area contributed by atoms with Gasteiger partial charge in [-0.3, -0.25) is 0 Å². The Bertz CT molecular complexity index is 622. The number of fused-ring (bicyclic) bond motifs is 1. The van der Waals surface area contributed by atoms with Crippen LogP contribution in [0.1, 0.15) is 27.7 Å². The van der Waals surface area contributed by atoms with Crippen LogP contribution in [0.15, 0.2) is 18.2 Å². The van der Waals surface area contributed by atoms with Gasteiger partial charge in [0.1, 0.15) is 0 Å². The van der Waals surface area contributed by atoms with Crippen molar-refractivity contribution in [3.63, 3.8) is 0 Å². The quantitative estimate of drug-likeness (QED) is 0.561. The molecule has 1 saturated heterocycles. The molecule has 1 aliphatic rings. The number of aromatic nitrogens is 3. The highest BCUT2D eigenvalue weighted by Crippen LogP contribution is 2.36. The van der Waals surface area contributed by atoms with Gasteiger partial charge in [-0.2, -0.15) is 5.10 Å². The van der Waals surface area contributed by atoms with Crippen LogP contribution in [-0.2, 0) is 9.31 Å². The predicted octanol–water partition coefficient (Wildman–Crippen LogP) is 0.0298. The number of nitrogens with two attached hydrogens (primary N) is 1. The van der Waals surface area contributed by atoms with Crippen LogP contribution in [0.4, 0.5) is 5.95 Å². The van der Waals surface area contributed by atoms with Crippen LogP contribution < -0.4 is 15.8 Å². The van der Waals surface area contributed by atoms with Crippen molar-refractivity contribution in [1.82, 2.24) is 10.1 Å². The van der Waals surface area contributed by atoms with Gasteiger partial charge in [-0.25, -0.2) is 0 Å². The minimum atomic E-state index is -0.446. The maximum absolute atomic E-state index is 6.04. The molecule has 0 bridgehead atoms. The maximum Gasteiger partial charge on any atom is 0.539 e. The summed E-state index contributed by atoms with van der Waals surface area (Å²) in [6.07, 6.45) is 0. The lowest BCUT2D eigenvalue weighted by Crippen LogP contribution is -2.53. The van der Waals surface area contributed by atoms with E-state index < -0.39 is 7.12 Å². The third-order valence-corrected chi connectivity index (χ3v) is 3.96. The van der Waals surface area contributed by atoms with Crippen LogP contribution in [-0.4, -0.2) is 28.4 Å². The lowest BCUT2D eigenvalue weighted by Gasteiger charge is -2.32. The summed E-state index contributed by atoms with van der Waals surface area (Å²) in [6.45, 7) is 8.11. The number of nitrogen functional groups attached to an aromatic ring is 1. The van der Waals surface area contributed by atoms with Crippen molar-refractivity contribution in [2.24, 2.45) is 0 Å². The second-order valence-corrected chi connectivity index (χ2v) is 5.84. The molecule has 0 saturated carbocycles. The van der Waals surface area contributed by atoms with Gasteiger partial charge in [0, 0.05) is 11.1 Å². The Balaban J connectivity index is 2.07. The number of aromatic amines is 1. The molecule has 19 heavy (non-hydrogen) atoms. The molecular formula is C12H18BN4O2+. The zero-order valence-corrected chi connectivity index (χ0v) is 11.6. The molecule has 2 aromatic rings. The average molecular weight is 261 g/mol. The van der Waals surface area contributed by atoms with Gasteiger partial charge in [-0.15, -0.1) is 4.52 Å². The van der Waals surface area contributed by atoms with Crippen molar-refractivity contribution in [1.29, 1.82) is 0 Å². The molecule has 0 amide bonds. The van der Waals surface area contributed by atoms with E-state index >= 15 is 0 Å². The van der Waals surface area contributed by atoms with E-state index in [-0.39, 0.29) is 11.2 Å². The molecule has 100 valence electrons. The summed E-state index contributed by atoms with van der Waals surface area (Å²) in [7, 11) is -0.446. The third-order valence-electron chi connectivity index (χ3n) is 3.96. The third kappa shape index (κ3) is 1.81. The van der Waals surface area contributed by atoms with Gasteiger partial charge < -0.3 is 15.0 Å². The molecule has 0 aliphatic carbocycles. The van der Waals surface area contributed by atoms with Gasteiger partial charge in [0.2, 0.25) is 0 Å². The fraction of sp³-hybridized carbons (Fsp3) is 0.500. The summed E-state index contributed by atoms with van der Waals surface area (Å²) in [5, 5.41) is 2.98. The number of anilines is 1. The molecule has 3 rings (SSSR count). The van der Waals surface area contributed by atoms with Gasteiger partial charge in [-0.1, -0.05) is 6.07 Å². The average Bonchev–Trinajstić information content (AvgIpc) is 2.75. The Labute approximate surface area is 112 Å². The Morgan fingerprint density at radius 1 is 1.21 bits per heavy atom. The van der Waals surface area contributed by atoms with Crippen molar-refractivity contribution in [2.75, 3.05) is 5.73 Å². The van der Waals surface area contributed by atoms with Crippen LogP contribution >= 0.6 is 0 Å². The van der Waals surface area contributed by atoms with E-state index in [4.69, 9.17) is 15.0 Å². The van der Waals surface area contributed by atoms with Gasteiger partial charge in [0.05, 0.1) is 11.2 Å². The highest BCUT2D eigenvalue weighted by molar-refractivity contribution is 6.60. The van der Waals surface area contributed by atoms with Gasteiger partial charge in [0.15, 0.2) is 5.59 Å². The van der Waals surface area contributed by atoms with Gasteiger partial charge >= 0.3 is 18.7 Å². The number of pyridine rings is 1. The second kappa shape index (κ2) is 3.71. The molecule has 6 nitrogen and oxygen atoms in total. The molecule has 1 aliphatic heterocycles. The normalized spacial score (nSPS) is 21.2. The first-order valence-corrected chi connectivity index (χ1v) is 6.32. The standard InChI is InChI=1S/C12H17BN4O2/c1-11(2)12(3,4)19-13(18-11)8-6-5-7-9-15-10(14)16-17(8)9/h5-7H,1-4H3,(H2,14,16)/p+1. The molecule has 0 atom stereocenters. The van der Waals surface area contributed by atoms with Crippen molar-refractivity contribution in [3.8, 4) is 0 Å². The molecule has 0 spiro atoms. The van der Waals surface area contributed by atoms with Crippen LogP contribution in [0, 0.1) is 0 Å². The van der Waals surface area contributed by atoms with Crippen molar-refractivity contribution >= 4 is 24.3 Å². The first kappa shape index (κ1) is 12.4. The van der Waals surface area contributed by atoms with E-state index in [1.807, 2.05) is 45.9 Å². The molecule has 0 aromatic carbocycles. The number of nitrogens with zero attached hydrogens (tertiary/aromatic N) is 2. The van der Waals surface area contributed by atoms with Gasteiger partial charge in [0.25, 0.3) is 0 Å². The molecule has 2 aromatic heterocycles. The van der Waals surface area contributed by atoms with E-state index in [2.05, 4.69) is 10.1 Å². The van der Waals surface area contributed by atoms with Crippen LogP contribution in [0.5, 0.6) is 0 Å². The Morgan fingerprint density at radius 3 is 2.47 bits per heavy atom. The van der Waals surface area contributed by atoms with Crippen LogP contribution in [0.25, 0.3) is 5.65 Å². The summed E-state index contributed by atoms with van der Waals surface area (Å²) < 4.78 is 13.9. The predicted molar refractivity (Wildman–Crippen MR) is 71.9 cm³/mol. The number of H-pyrrole nitrogens is 1. The summed E-state index contributed by atoms with van der Waals surface area (Å²) in [6, 6.07) is 5.73. The second-order valence-electron chi connectivity index (χ2n) is 5.84. The molecule has 0 radical (unpaired) electrons. The zero-order chi connectivity index (χ0) is 13.8. The first-order chi connectivity index (χ1) is 8.80. The Kier molecular flexibility index (Phi) is 2.43. The monoisotopic (exact) mass is 261 g/mol. The minimum absolute atomic E-state index is 0.365. The fourth-order valence-corrected chi connectivity index (χ4v) is 2.13. The first-order valence-electron chi connectivity index (χ1n) is 6.32. The molecule has 1 fully saturated rings. The maximum atomic E-state index is 6.04. The van der Waals surface area contributed by atoms with Crippen molar-refractivity contribution < 1.29 is 13.8 Å². The minimum Gasteiger partial charge on any atom is -0.397 e. The highest BCUT2D eigenvalue weighted by Gasteiger charge is 2.53. The molecule has 7 heteroatoms. The highest BCUT2D eigenvalue weighted by atomic mass is 16.7. The van der Waals surface area contributed by atoms with Crippen LogP contribution in [0.2, 0.25) is 0 Å². The lowest BCUT2D eigenvalue weighted by molar-refractivity contribution is -0.559. The molecular weight excluding hydrogens is 243 g/mol. The zero-order valence-electron chi connectivity index (χ0n) is 11.6. The molecule has 0 unspecified atom stereocenters. The number of rotatable bonds is 1. The molecule has 3 N–H and O–H groups in total. The summed E-state index contributed by atoms with van der Waals surface area (Å²) in [4.78, 5) is 4.19. The number of hydrogen-bond donors (Lipinski definition) is 2. The van der Waals surface area contributed by atoms with Crippen molar-refractivity contribution in [3.05, 3.63) is 18.2 Å². The summed E-state index contributed by atoms with van der Waals surface area (Å²) in [5.74, 6) is 0.365. The van der Waals surface area contributed by atoms with Crippen molar-refractivity contribution in [2.45, 2.75) is 38.9 Å². The van der Waals surface area contributed by atoms with E-state index in [0.717, 1.165) is 11.2 Å². The summed E-state index contributed by atoms with van der Waals surface area (Å²) in [5.41, 5.74) is 6.55. The number of hydrogen-bond acceptors (Lipinski definition) is 4.